The zero-order valence-corrected chi connectivity index (χ0v) is 20.6. The van der Waals surface area contributed by atoms with E-state index in [9.17, 15) is 33.9 Å². The number of hydrogen-bond donors (Lipinski definition) is 9. The lowest BCUT2D eigenvalue weighted by atomic mass is 10.1. The molecule has 2 heterocycles. The number of aromatic nitrogens is 4. The molecule has 2 aromatic rings. The van der Waals surface area contributed by atoms with Crippen LogP contribution in [-0.2, 0) is 41.6 Å². The second-order valence-corrected chi connectivity index (χ2v) is 8.56. The first-order valence-electron chi connectivity index (χ1n) is 11.7. The summed E-state index contributed by atoms with van der Waals surface area (Å²) in [5, 5.41) is 34.5. The van der Waals surface area contributed by atoms with Crippen LogP contribution >= 0.6 is 0 Å². The molecule has 0 bridgehead atoms. The summed E-state index contributed by atoms with van der Waals surface area (Å²) < 4.78 is 0. The van der Waals surface area contributed by atoms with Crippen molar-refractivity contribution in [1.29, 1.82) is 0 Å². The number of rotatable bonds is 17. The highest BCUT2D eigenvalue weighted by Crippen LogP contribution is 2.06. The highest BCUT2D eigenvalue weighted by molar-refractivity contribution is 5.94. The molecular formula is C22H30N8O9. The van der Waals surface area contributed by atoms with Crippen molar-refractivity contribution in [2.24, 2.45) is 5.73 Å². The van der Waals surface area contributed by atoms with E-state index in [1.54, 1.807) is 0 Å². The molecule has 17 heteroatoms. The predicted molar refractivity (Wildman–Crippen MR) is 130 cm³/mol. The molecule has 0 radical (unpaired) electrons. The van der Waals surface area contributed by atoms with Gasteiger partial charge in [0.05, 0.1) is 18.7 Å². The Morgan fingerprint density at radius 3 is 1.67 bits per heavy atom. The molecule has 2 rings (SSSR count). The van der Waals surface area contributed by atoms with E-state index in [4.69, 9.17) is 15.9 Å². The Hall–Kier alpha value is -4.80. The summed E-state index contributed by atoms with van der Waals surface area (Å²) in [6, 6.07) is -5.47. The Balaban J connectivity index is 2.19. The van der Waals surface area contributed by atoms with Gasteiger partial charge in [0.2, 0.25) is 17.7 Å². The molecule has 0 spiro atoms. The molecular weight excluding hydrogens is 520 g/mol. The summed E-state index contributed by atoms with van der Waals surface area (Å²) >= 11 is 0. The Labute approximate surface area is 221 Å². The SMILES string of the molecule is NC(CCC(=O)O)C(=O)NC(CCC(=O)O)C(=O)NC(Cc1cnc[nH]1)C(=O)NC(Cc1cnc[nH]1)C(=O)O. The van der Waals surface area contributed by atoms with Crippen LogP contribution in [-0.4, -0.2) is 95.1 Å². The van der Waals surface area contributed by atoms with Crippen molar-refractivity contribution in [1.82, 2.24) is 35.9 Å². The summed E-state index contributed by atoms with van der Waals surface area (Å²) in [4.78, 5) is 85.4. The van der Waals surface area contributed by atoms with Gasteiger partial charge in [0.15, 0.2) is 0 Å². The number of carbonyl (C=O) groups excluding carboxylic acids is 3. The molecule has 0 fully saturated rings. The van der Waals surface area contributed by atoms with Gasteiger partial charge in [-0.15, -0.1) is 0 Å². The summed E-state index contributed by atoms with van der Waals surface area (Å²) in [6.45, 7) is 0. The minimum Gasteiger partial charge on any atom is -0.481 e. The molecule has 4 atom stereocenters. The van der Waals surface area contributed by atoms with Crippen LogP contribution in [0.4, 0.5) is 0 Å². The van der Waals surface area contributed by atoms with Crippen LogP contribution in [0.15, 0.2) is 25.0 Å². The number of carboxylic acid groups (broad SMARTS) is 3. The van der Waals surface area contributed by atoms with Gasteiger partial charge >= 0.3 is 17.9 Å². The fraction of sp³-hybridized carbons (Fsp3) is 0.455. The highest BCUT2D eigenvalue weighted by atomic mass is 16.4. The monoisotopic (exact) mass is 550 g/mol. The van der Waals surface area contributed by atoms with Crippen LogP contribution in [0.3, 0.4) is 0 Å². The summed E-state index contributed by atoms with van der Waals surface area (Å²) in [6.07, 6.45) is 3.65. The second-order valence-electron chi connectivity index (χ2n) is 8.56. The van der Waals surface area contributed by atoms with Gasteiger partial charge in [-0.05, 0) is 12.8 Å². The maximum Gasteiger partial charge on any atom is 0.326 e. The lowest BCUT2D eigenvalue weighted by molar-refractivity contribution is -0.142. The van der Waals surface area contributed by atoms with E-state index in [1.165, 1.54) is 25.0 Å². The van der Waals surface area contributed by atoms with Crippen molar-refractivity contribution in [2.75, 3.05) is 0 Å². The molecule has 2 aromatic heterocycles. The molecule has 0 saturated heterocycles. The molecule has 0 aliphatic rings. The molecule has 17 nitrogen and oxygen atoms in total. The molecule has 4 unspecified atom stereocenters. The fourth-order valence-corrected chi connectivity index (χ4v) is 3.41. The molecule has 212 valence electrons. The van der Waals surface area contributed by atoms with Crippen LogP contribution in [0, 0.1) is 0 Å². The van der Waals surface area contributed by atoms with E-state index in [2.05, 4.69) is 35.9 Å². The number of nitrogens with one attached hydrogen (secondary N) is 5. The van der Waals surface area contributed by atoms with E-state index < -0.39 is 72.6 Å². The number of hydrogen-bond acceptors (Lipinski definition) is 9. The smallest absolute Gasteiger partial charge is 0.326 e. The Morgan fingerprint density at radius 2 is 1.18 bits per heavy atom. The number of carboxylic acids is 3. The van der Waals surface area contributed by atoms with Crippen molar-refractivity contribution in [3.63, 3.8) is 0 Å². The lowest BCUT2D eigenvalue weighted by Crippen LogP contribution is -2.58. The normalized spacial score (nSPS) is 13.9. The standard InChI is InChI=1S/C22H30N8O9/c23-13(1-3-17(31)32)19(35)28-14(2-4-18(33)34)20(36)29-15(5-11-7-24-9-26-11)21(37)30-16(22(38)39)6-12-8-25-10-27-12/h7-10,13-16H,1-6,23H2,(H,24,26)(H,25,27)(H,28,35)(H,29,36)(H,30,37)(H,31,32)(H,33,34)(H,38,39). The maximum atomic E-state index is 13.1. The summed E-state index contributed by atoms with van der Waals surface area (Å²) in [7, 11) is 0. The zero-order valence-electron chi connectivity index (χ0n) is 20.6. The third kappa shape index (κ3) is 10.6. The van der Waals surface area contributed by atoms with Gasteiger partial charge in [-0.3, -0.25) is 24.0 Å². The third-order valence-corrected chi connectivity index (χ3v) is 5.49. The molecule has 10 N–H and O–H groups in total. The van der Waals surface area contributed by atoms with E-state index in [0.29, 0.717) is 11.4 Å². The van der Waals surface area contributed by atoms with Gasteiger partial charge in [-0.1, -0.05) is 0 Å². The largest absolute Gasteiger partial charge is 0.481 e. The quantitative estimate of drug-likeness (QED) is 0.0989. The third-order valence-electron chi connectivity index (χ3n) is 5.49. The molecule has 0 aromatic carbocycles. The van der Waals surface area contributed by atoms with Crippen LogP contribution < -0.4 is 21.7 Å². The summed E-state index contributed by atoms with van der Waals surface area (Å²) in [5.74, 6) is -6.47. The number of imidazole rings is 2. The second kappa shape index (κ2) is 14.8. The Morgan fingerprint density at radius 1 is 0.718 bits per heavy atom. The van der Waals surface area contributed by atoms with Gasteiger partial charge in [0.1, 0.15) is 18.1 Å². The summed E-state index contributed by atoms with van der Waals surface area (Å²) in [5.41, 5.74) is 6.54. The number of nitrogens with zero attached hydrogens (tertiary/aromatic N) is 2. The average Bonchev–Trinajstić information content (AvgIpc) is 3.58. The van der Waals surface area contributed by atoms with E-state index in [0.717, 1.165) is 0 Å². The van der Waals surface area contributed by atoms with Crippen LogP contribution in [0.25, 0.3) is 0 Å². The first-order valence-corrected chi connectivity index (χ1v) is 11.7. The minimum absolute atomic E-state index is 0.128. The van der Waals surface area contributed by atoms with Crippen molar-refractivity contribution in [3.05, 3.63) is 36.4 Å². The number of carbonyl (C=O) groups is 6. The van der Waals surface area contributed by atoms with Crippen molar-refractivity contribution < 1.29 is 44.1 Å². The van der Waals surface area contributed by atoms with Gasteiger partial charge in [0.25, 0.3) is 0 Å². The van der Waals surface area contributed by atoms with E-state index in [1.807, 2.05) is 0 Å². The van der Waals surface area contributed by atoms with Gasteiger partial charge < -0.3 is 47.0 Å². The molecule has 39 heavy (non-hydrogen) atoms. The molecule has 0 aliphatic heterocycles. The topological polar surface area (TPSA) is 283 Å². The van der Waals surface area contributed by atoms with Crippen LogP contribution in [0.2, 0.25) is 0 Å². The van der Waals surface area contributed by atoms with E-state index >= 15 is 0 Å². The maximum absolute atomic E-state index is 13.1. The highest BCUT2D eigenvalue weighted by Gasteiger charge is 2.31. The number of H-pyrrole nitrogens is 2. The lowest BCUT2D eigenvalue weighted by Gasteiger charge is -2.25. The zero-order chi connectivity index (χ0) is 28.9. The van der Waals surface area contributed by atoms with Crippen LogP contribution in [0.1, 0.15) is 37.1 Å². The molecule has 0 saturated carbocycles. The van der Waals surface area contributed by atoms with Crippen molar-refractivity contribution in [2.45, 2.75) is 62.7 Å². The molecule has 0 aliphatic carbocycles. The van der Waals surface area contributed by atoms with Gasteiger partial charge in [-0.2, -0.15) is 0 Å². The number of nitrogens with two attached hydrogens (primary N) is 1. The number of aliphatic carboxylic acids is 3. The number of aromatic amines is 2. The number of amides is 3. The van der Waals surface area contributed by atoms with Crippen molar-refractivity contribution in [3.8, 4) is 0 Å². The van der Waals surface area contributed by atoms with E-state index in [-0.39, 0.29) is 25.7 Å². The minimum atomic E-state index is -1.44. The first kappa shape index (κ1) is 30.4. The Bertz CT molecular complexity index is 1140. The van der Waals surface area contributed by atoms with Gasteiger partial charge in [-0.25, -0.2) is 14.8 Å². The molecule has 3 amide bonds. The van der Waals surface area contributed by atoms with Crippen LogP contribution in [0.5, 0.6) is 0 Å². The van der Waals surface area contributed by atoms with Gasteiger partial charge in [0, 0.05) is 49.5 Å². The Kier molecular flexibility index (Phi) is 11.6. The van der Waals surface area contributed by atoms with Crippen molar-refractivity contribution >= 4 is 35.6 Å². The first-order chi connectivity index (χ1) is 18.5. The predicted octanol–water partition coefficient (Wildman–Crippen LogP) is -2.49. The fourth-order valence-electron chi connectivity index (χ4n) is 3.41. The average molecular weight is 551 g/mol.